The van der Waals surface area contributed by atoms with Crippen LogP contribution in [0.5, 0.6) is 0 Å². The van der Waals surface area contributed by atoms with Gasteiger partial charge in [-0.1, -0.05) is 18.2 Å². The Labute approximate surface area is 173 Å². The number of aryl methyl sites for hydroxylation is 1. The van der Waals surface area contributed by atoms with Crippen molar-refractivity contribution in [3.8, 4) is 0 Å². The molecule has 1 saturated heterocycles. The number of carbonyl (C=O) groups is 2. The number of halogens is 1. The van der Waals surface area contributed by atoms with Crippen molar-refractivity contribution in [2.45, 2.75) is 6.92 Å². The van der Waals surface area contributed by atoms with Crippen LogP contribution in [0.15, 0.2) is 54.6 Å². The minimum Gasteiger partial charge on any atom is -0.452 e. The van der Waals surface area contributed by atoms with Gasteiger partial charge in [-0.2, -0.15) is 0 Å². The van der Waals surface area contributed by atoms with Gasteiger partial charge in [0.05, 0.1) is 16.8 Å². The molecule has 1 fully saturated rings. The lowest BCUT2D eigenvalue weighted by atomic mass is 10.1. The van der Waals surface area contributed by atoms with Gasteiger partial charge in [-0.15, -0.1) is 0 Å². The Morgan fingerprint density at radius 1 is 1.03 bits per heavy atom. The molecule has 30 heavy (non-hydrogen) atoms. The van der Waals surface area contributed by atoms with Crippen LogP contribution in [0.3, 0.4) is 0 Å². The molecule has 0 unspecified atom stereocenters. The number of benzene rings is 2. The molecule has 0 spiro atoms. The highest BCUT2D eigenvalue weighted by atomic mass is 19.1. The first-order valence-corrected chi connectivity index (χ1v) is 9.83. The molecule has 1 aliphatic rings. The largest absolute Gasteiger partial charge is 0.452 e. The molecule has 6 nitrogen and oxygen atoms in total. The van der Waals surface area contributed by atoms with Gasteiger partial charge >= 0.3 is 5.97 Å². The first-order chi connectivity index (χ1) is 14.5. The lowest BCUT2D eigenvalue weighted by Gasteiger charge is -2.36. The van der Waals surface area contributed by atoms with Crippen molar-refractivity contribution >= 4 is 28.5 Å². The quantitative estimate of drug-likeness (QED) is 0.622. The summed E-state index contributed by atoms with van der Waals surface area (Å²) in [6.45, 7) is 3.96. The molecule has 0 radical (unpaired) electrons. The maximum absolute atomic E-state index is 13.4. The SMILES string of the molecule is Cc1nc2cc(F)ccc2cc1C(=O)OCC(=O)N1CCN(c2ccccc2)CC1. The van der Waals surface area contributed by atoms with Crippen molar-refractivity contribution in [3.63, 3.8) is 0 Å². The standard InChI is InChI=1S/C23H22FN3O3/c1-16-20(13-17-7-8-18(24)14-21(17)25-16)23(29)30-15-22(28)27-11-9-26(10-12-27)19-5-3-2-4-6-19/h2-8,13-14H,9-12,15H2,1H3. The second-order valence-corrected chi connectivity index (χ2v) is 7.24. The van der Waals surface area contributed by atoms with Gasteiger partial charge in [-0.05, 0) is 37.3 Å². The van der Waals surface area contributed by atoms with E-state index in [0.717, 1.165) is 18.8 Å². The minimum absolute atomic E-state index is 0.218. The highest BCUT2D eigenvalue weighted by Gasteiger charge is 2.23. The Morgan fingerprint density at radius 2 is 1.77 bits per heavy atom. The summed E-state index contributed by atoms with van der Waals surface area (Å²) in [6.07, 6.45) is 0. The number of aromatic nitrogens is 1. The Kier molecular flexibility index (Phi) is 5.61. The van der Waals surface area contributed by atoms with E-state index in [2.05, 4.69) is 9.88 Å². The molecule has 7 heteroatoms. The number of amides is 1. The maximum Gasteiger partial charge on any atom is 0.340 e. The molecular weight excluding hydrogens is 385 g/mol. The fourth-order valence-corrected chi connectivity index (χ4v) is 3.59. The van der Waals surface area contributed by atoms with Crippen molar-refractivity contribution in [3.05, 3.63) is 71.7 Å². The number of nitrogens with zero attached hydrogens (tertiary/aromatic N) is 3. The Hall–Kier alpha value is -3.48. The number of rotatable bonds is 4. The van der Waals surface area contributed by atoms with Crippen LogP contribution < -0.4 is 4.90 Å². The Morgan fingerprint density at radius 3 is 2.50 bits per heavy atom. The lowest BCUT2D eigenvalue weighted by molar-refractivity contribution is -0.134. The van der Waals surface area contributed by atoms with Crippen LogP contribution in [0, 0.1) is 12.7 Å². The van der Waals surface area contributed by atoms with Gasteiger partial charge in [-0.25, -0.2) is 9.18 Å². The number of hydrogen-bond acceptors (Lipinski definition) is 5. The first kappa shape index (κ1) is 19.8. The predicted molar refractivity (Wildman–Crippen MR) is 112 cm³/mol. The third-order valence-electron chi connectivity index (χ3n) is 5.27. The van der Waals surface area contributed by atoms with Gasteiger partial charge < -0.3 is 14.5 Å². The molecule has 2 aromatic carbocycles. The Bertz CT molecular complexity index is 1080. The number of carbonyl (C=O) groups excluding carboxylic acids is 2. The molecule has 4 rings (SSSR count). The summed E-state index contributed by atoms with van der Waals surface area (Å²) in [5, 5.41) is 0.636. The van der Waals surface area contributed by atoms with Crippen LogP contribution >= 0.6 is 0 Å². The number of fused-ring (bicyclic) bond motifs is 1. The molecule has 1 amide bonds. The Balaban J connectivity index is 1.34. The summed E-state index contributed by atoms with van der Waals surface area (Å²) in [6, 6.07) is 15.9. The second kappa shape index (κ2) is 8.49. The first-order valence-electron chi connectivity index (χ1n) is 9.83. The van der Waals surface area contributed by atoms with E-state index in [1.54, 1.807) is 24.0 Å². The van der Waals surface area contributed by atoms with Gasteiger partial charge in [0.2, 0.25) is 0 Å². The number of para-hydroxylation sites is 1. The van der Waals surface area contributed by atoms with E-state index in [1.807, 2.05) is 30.3 Å². The van der Waals surface area contributed by atoms with E-state index >= 15 is 0 Å². The normalized spacial score (nSPS) is 14.1. The number of ether oxygens (including phenoxy) is 1. The molecule has 3 aromatic rings. The van der Waals surface area contributed by atoms with E-state index in [4.69, 9.17) is 4.74 Å². The molecule has 0 saturated carbocycles. The van der Waals surface area contributed by atoms with Gasteiger partial charge in [0.15, 0.2) is 6.61 Å². The lowest BCUT2D eigenvalue weighted by Crippen LogP contribution is -2.49. The molecule has 0 atom stereocenters. The summed E-state index contributed by atoms with van der Waals surface area (Å²) in [5.74, 6) is -1.21. The van der Waals surface area contributed by atoms with Crippen molar-refractivity contribution in [2.75, 3.05) is 37.7 Å². The molecule has 1 aromatic heterocycles. The van der Waals surface area contributed by atoms with Crippen molar-refractivity contribution < 1.29 is 18.7 Å². The van der Waals surface area contributed by atoms with Crippen LogP contribution in [-0.2, 0) is 9.53 Å². The summed E-state index contributed by atoms with van der Waals surface area (Å²) < 4.78 is 18.6. The van der Waals surface area contributed by atoms with Gasteiger partial charge in [0, 0.05) is 43.3 Å². The smallest absolute Gasteiger partial charge is 0.340 e. The summed E-state index contributed by atoms with van der Waals surface area (Å²) in [7, 11) is 0. The zero-order chi connectivity index (χ0) is 21.1. The summed E-state index contributed by atoms with van der Waals surface area (Å²) in [5.41, 5.74) is 2.31. The fourth-order valence-electron chi connectivity index (χ4n) is 3.59. The monoisotopic (exact) mass is 407 g/mol. The topological polar surface area (TPSA) is 62.7 Å². The fraction of sp³-hybridized carbons (Fsp3) is 0.261. The van der Waals surface area contributed by atoms with Crippen LogP contribution in [0.4, 0.5) is 10.1 Å². The van der Waals surface area contributed by atoms with E-state index in [0.29, 0.717) is 29.7 Å². The number of hydrogen-bond donors (Lipinski definition) is 0. The van der Waals surface area contributed by atoms with Gasteiger partial charge in [-0.3, -0.25) is 9.78 Å². The van der Waals surface area contributed by atoms with E-state index in [1.165, 1.54) is 12.1 Å². The van der Waals surface area contributed by atoms with Crippen LogP contribution in [-0.4, -0.2) is 54.5 Å². The molecule has 0 N–H and O–H groups in total. The predicted octanol–water partition coefficient (Wildman–Crippen LogP) is 3.19. The van der Waals surface area contributed by atoms with E-state index < -0.39 is 5.97 Å². The number of pyridine rings is 1. The van der Waals surface area contributed by atoms with Gasteiger partial charge in [0.25, 0.3) is 5.91 Å². The molecule has 154 valence electrons. The minimum atomic E-state index is -0.609. The molecule has 1 aliphatic heterocycles. The maximum atomic E-state index is 13.4. The average molecular weight is 407 g/mol. The highest BCUT2D eigenvalue weighted by molar-refractivity contribution is 5.96. The van der Waals surface area contributed by atoms with Gasteiger partial charge in [0.1, 0.15) is 5.82 Å². The third kappa shape index (κ3) is 4.25. The number of anilines is 1. The molecular formula is C23H22FN3O3. The number of esters is 1. The van der Waals surface area contributed by atoms with Crippen molar-refractivity contribution in [1.29, 1.82) is 0 Å². The third-order valence-corrected chi connectivity index (χ3v) is 5.27. The van der Waals surface area contributed by atoms with E-state index in [9.17, 15) is 14.0 Å². The molecule has 2 heterocycles. The average Bonchev–Trinajstić information content (AvgIpc) is 2.77. The van der Waals surface area contributed by atoms with Crippen LogP contribution in [0.25, 0.3) is 10.9 Å². The highest BCUT2D eigenvalue weighted by Crippen LogP contribution is 2.19. The van der Waals surface area contributed by atoms with Crippen molar-refractivity contribution in [2.24, 2.45) is 0 Å². The summed E-state index contributed by atoms with van der Waals surface area (Å²) >= 11 is 0. The molecule has 0 bridgehead atoms. The second-order valence-electron chi connectivity index (χ2n) is 7.24. The van der Waals surface area contributed by atoms with Crippen LogP contribution in [0.2, 0.25) is 0 Å². The van der Waals surface area contributed by atoms with Crippen molar-refractivity contribution in [1.82, 2.24) is 9.88 Å². The number of piperazine rings is 1. The molecule has 0 aliphatic carbocycles. The van der Waals surface area contributed by atoms with E-state index in [-0.39, 0.29) is 23.9 Å². The zero-order valence-electron chi connectivity index (χ0n) is 16.7. The summed E-state index contributed by atoms with van der Waals surface area (Å²) in [4.78, 5) is 33.2. The van der Waals surface area contributed by atoms with Crippen LogP contribution in [0.1, 0.15) is 16.1 Å². The zero-order valence-corrected chi connectivity index (χ0v) is 16.7.